The predicted octanol–water partition coefficient (Wildman–Crippen LogP) is 4.27. The van der Waals surface area contributed by atoms with Gasteiger partial charge in [0.05, 0.1) is 18.5 Å². The van der Waals surface area contributed by atoms with Crippen LogP contribution in [0, 0.1) is 5.92 Å². The first-order valence-electron chi connectivity index (χ1n) is 9.96. The molecule has 6 heteroatoms. The van der Waals surface area contributed by atoms with Gasteiger partial charge in [0.1, 0.15) is 0 Å². The molecule has 0 saturated carbocycles. The molecule has 1 heterocycles. The van der Waals surface area contributed by atoms with Gasteiger partial charge in [-0.1, -0.05) is 57.2 Å². The Morgan fingerprint density at radius 1 is 1.10 bits per heavy atom. The highest BCUT2D eigenvalue weighted by Gasteiger charge is 2.20. The number of nitrogens with zero attached hydrogens (tertiary/aromatic N) is 2. The van der Waals surface area contributed by atoms with Crippen LogP contribution >= 0.6 is 0 Å². The molecule has 0 bridgehead atoms. The molecule has 3 rings (SSSR count). The number of nitrogens with one attached hydrogen (secondary N) is 2. The van der Waals surface area contributed by atoms with Crippen LogP contribution in [0.2, 0.25) is 0 Å². The van der Waals surface area contributed by atoms with Crippen molar-refractivity contribution >= 4 is 11.6 Å². The molecule has 0 unspecified atom stereocenters. The summed E-state index contributed by atoms with van der Waals surface area (Å²) in [6.07, 6.45) is 1.76. The highest BCUT2D eigenvalue weighted by atomic mass is 16.5. The molecule has 0 aliphatic rings. The third-order valence-corrected chi connectivity index (χ3v) is 4.32. The Hall–Kier alpha value is -3.12. The maximum atomic E-state index is 13.1. The van der Waals surface area contributed by atoms with Gasteiger partial charge in [-0.3, -0.25) is 4.79 Å². The number of amides is 1. The summed E-state index contributed by atoms with van der Waals surface area (Å²) in [4.78, 5) is 13.1. The number of rotatable bonds is 9. The van der Waals surface area contributed by atoms with E-state index in [-0.39, 0.29) is 11.6 Å². The zero-order valence-corrected chi connectivity index (χ0v) is 17.2. The van der Waals surface area contributed by atoms with Gasteiger partial charge >= 0.3 is 0 Å². The molecule has 2 aromatic carbocycles. The summed E-state index contributed by atoms with van der Waals surface area (Å²) >= 11 is 0. The third kappa shape index (κ3) is 5.45. The van der Waals surface area contributed by atoms with E-state index in [0.717, 1.165) is 23.5 Å². The molecule has 3 aromatic rings. The summed E-state index contributed by atoms with van der Waals surface area (Å²) < 4.78 is 7.57. The smallest absolute Gasteiger partial charge is 0.280 e. The van der Waals surface area contributed by atoms with Gasteiger partial charge in [0.25, 0.3) is 5.91 Å². The topological polar surface area (TPSA) is 68.2 Å². The van der Waals surface area contributed by atoms with Crippen molar-refractivity contribution in [3.63, 3.8) is 0 Å². The summed E-state index contributed by atoms with van der Waals surface area (Å²) in [6.45, 7) is 8.24. The number of anilines is 1. The summed E-state index contributed by atoms with van der Waals surface area (Å²) in [5.41, 5.74) is 2.93. The van der Waals surface area contributed by atoms with Gasteiger partial charge in [0.15, 0.2) is 11.4 Å². The van der Waals surface area contributed by atoms with Crippen molar-refractivity contribution in [2.24, 2.45) is 5.92 Å². The fourth-order valence-electron chi connectivity index (χ4n) is 2.83. The average molecular weight is 393 g/mol. The average Bonchev–Trinajstić information content (AvgIpc) is 3.17. The van der Waals surface area contributed by atoms with E-state index in [1.165, 1.54) is 0 Å². The quantitative estimate of drug-likeness (QED) is 0.571. The monoisotopic (exact) mass is 392 g/mol. The van der Waals surface area contributed by atoms with Crippen molar-refractivity contribution < 1.29 is 9.53 Å². The number of carbonyl (C=O) groups excluding carboxylic acids is 1. The van der Waals surface area contributed by atoms with Crippen molar-refractivity contribution in [1.82, 2.24) is 15.1 Å². The first-order valence-corrected chi connectivity index (χ1v) is 9.96. The molecule has 6 nitrogen and oxygen atoms in total. The first-order chi connectivity index (χ1) is 14.1. The number of ether oxygens (including phenoxy) is 1. The minimum Gasteiger partial charge on any atom is -0.489 e. The molecule has 0 spiro atoms. The Bertz CT molecular complexity index is 935. The number of benzene rings is 2. The zero-order chi connectivity index (χ0) is 20.6. The standard InChI is InChI=1S/C23H28N4O2/c1-4-24-14-18-10-8-9-13-20(18)25-23(28)22-21(29-16-17(2)3)15-27(26-22)19-11-6-5-7-12-19/h5-13,15,17,24H,4,14,16H2,1-3H3,(H,25,28). The molecular weight excluding hydrogens is 364 g/mol. The molecular formula is C23H28N4O2. The van der Waals surface area contributed by atoms with Gasteiger partial charge < -0.3 is 15.4 Å². The van der Waals surface area contributed by atoms with Gasteiger partial charge in [-0.25, -0.2) is 4.68 Å². The molecule has 0 aliphatic carbocycles. The molecule has 0 atom stereocenters. The molecule has 2 N–H and O–H groups in total. The van der Waals surface area contributed by atoms with Gasteiger partial charge in [-0.2, -0.15) is 5.10 Å². The molecule has 0 radical (unpaired) electrons. The van der Waals surface area contributed by atoms with Crippen molar-refractivity contribution in [3.8, 4) is 11.4 Å². The lowest BCUT2D eigenvalue weighted by molar-refractivity contribution is 0.101. The summed E-state index contributed by atoms with van der Waals surface area (Å²) in [6, 6.07) is 17.4. The second-order valence-corrected chi connectivity index (χ2v) is 7.22. The number of para-hydroxylation sites is 2. The molecule has 1 aromatic heterocycles. The van der Waals surface area contributed by atoms with E-state index in [2.05, 4.69) is 36.5 Å². The molecule has 0 saturated heterocycles. The fourth-order valence-corrected chi connectivity index (χ4v) is 2.83. The van der Waals surface area contributed by atoms with E-state index in [1.807, 2.05) is 54.6 Å². The second kappa shape index (κ2) is 9.89. The van der Waals surface area contributed by atoms with Crippen LogP contribution in [0.15, 0.2) is 60.8 Å². The number of aromatic nitrogens is 2. The van der Waals surface area contributed by atoms with Crippen LogP contribution in [0.5, 0.6) is 5.75 Å². The third-order valence-electron chi connectivity index (χ3n) is 4.32. The van der Waals surface area contributed by atoms with E-state index in [9.17, 15) is 4.79 Å². The van der Waals surface area contributed by atoms with Crippen LogP contribution in [-0.2, 0) is 6.54 Å². The maximum absolute atomic E-state index is 13.1. The predicted molar refractivity (Wildman–Crippen MR) is 116 cm³/mol. The Morgan fingerprint density at radius 2 is 1.83 bits per heavy atom. The van der Waals surface area contributed by atoms with Crippen LogP contribution in [-0.4, -0.2) is 28.8 Å². The van der Waals surface area contributed by atoms with E-state index in [4.69, 9.17) is 4.74 Å². The highest BCUT2D eigenvalue weighted by Crippen LogP contribution is 2.23. The summed E-state index contributed by atoms with van der Waals surface area (Å²) in [7, 11) is 0. The molecule has 29 heavy (non-hydrogen) atoms. The molecule has 0 aliphatic heterocycles. The fraction of sp³-hybridized carbons (Fsp3) is 0.304. The largest absolute Gasteiger partial charge is 0.489 e. The van der Waals surface area contributed by atoms with Crippen LogP contribution < -0.4 is 15.4 Å². The van der Waals surface area contributed by atoms with E-state index < -0.39 is 0 Å². The number of hydrogen-bond donors (Lipinski definition) is 2. The zero-order valence-electron chi connectivity index (χ0n) is 17.2. The summed E-state index contributed by atoms with van der Waals surface area (Å²) in [5, 5.41) is 10.8. The van der Waals surface area contributed by atoms with E-state index in [0.29, 0.717) is 24.8 Å². The Morgan fingerprint density at radius 3 is 2.55 bits per heavy atom. The minimum absolute atomic E-state index is 0.271. The van der Waals surface area contributed by atoms with Gasteiger partial charge in [0, 0.05) is 12.2 Å². The van der Waals surface area contributed by atoms with Crippen LogP contribution in [0.3, 0.4) is 0 Å². The molecule has 152 valence electrons. The van der Waals surface area contributed by atoms with Crippen molar-refractivity contribution in [1.29, 1.82) is 0 Å². The first kappa shape index (κ1) is 20.6. The normalized spacial score (nSPS) is 10.9. The van der Waals surface area contributed by atoms with Crippen molar-refractivity contribution in [3.05, 3.63) is 72.1 Å². The van der Waals surface area contributed by atoms with Crippen molar-refractivity contribution in [2.45, 2.75) is 27.3 Å². The number of hydrogen-bond acceptors (Lipinski definition) is 4. The van der Waals surface area contributed by atoms with Crippen LogP contribution in [0.25, 0.3) is 5.69 Å². The van der Waals surface area contributed by atoms with E-state index in [1.54, 1.807) is 10.9 Å². The Kier molecular flexibility index (Phi) is 7.03. The lowest BCUT2D eigenvalue weighted by atomic mass is 10.1. The summed E-state index contributed by atoms with van der Waals surface area (Å²) in [5.74, 6) is 0.526. The molecule has 1 amide bonds. The Labute approximate surface area is 171 Å². The van der Waals surface area contributed by atoms with Crippen LogP contribution in [0.1, 0.15) is 36.8 Å². The molecule has 0 fully saturated rings. The lowest BCUT2D eigenvalue weighted by Gasteiger charge is -2.12. The van der Waals surface area contributed by atoms with Gasteiger partial charge in [-0.05, 0) is 36.2 Å². The van der Waals surface area contributed by atoms with E-state index >= 15 is 0 Å². The number of carbonyl (C=O) groups is 1. The van der Waals surface area contributed by atoms with Crippen molar-refractivity contribution in [2.75, 3.05) is 18.5 Å². The lowest BCUT2D eigenvalue weighted by Crippen LogP contribution is -2.18. The maximum Gasteiger partial charge on any atom is 0.280 e. The minimum atomic E-state index is -0.289. The Balaban J connectivity index is 1.88. The van der Waals surface area contributed by atoms with Gasteiger partial charge in [-0.15, -0.1) is 0 Å². The highest BCUT2D eigenvalue weighted by molar-refractivity contribution is 6.05. The van der Waals surface area contributed by atoms with Gasteiger partial charge in [0.2, 0.25) is 0 Å². The second-order valence-electron chi connectivity index (χ2n) is 7.22. The van der Waals surface area contributed by atoms with Crippen LogP contribution in [0.4, 0.5) is 5.69 Å². The SMILES string of the molecule is CCNCc1ccccc1NC(=O)c1nn(-c2ccccc2)cc1OCC(C)C.